The quantitative estimate of drug-likeness (QED) is 0.0222. The van der Waals surface area contributed by atoms with E-state index in [1.165, 1.54) is 167 Å². The summed E-state index contributed by atoms with van der Waals surface area (Å²) in [5.41, 5.74) is 0. The third-order valence-electron chi connectivity index (χ3n) is 16.3. The van der Waals surface area contributed by atoms with Crippen LogP contribution in [0.3, 0.4) is 0 Å². The van der Waals surface area contributed by atoms with Crippen molar-refractivity contribution in [1.29, 1.82) is 0 Å². The number of carbonyl (C=O) groups is 4. The van der Waals surface area contributed by atoms with Crippen molar-refractivity contribution in [3.05, 3.63) is 0 Å². The van der Waals surface area contributed by atoms with Gasteiger partial charge in [-0.2, -0.15) is 0 Å². The number of aliphatic hydroxyl groups excluding tert-OH is 1. The fourth-order valence-electron chi connectivity index (χ4n) is 10.6. The molecule has 528 valence electrons. The molecule has 0 aromatic heterocycles. The molecular formula is C70H136O17P2. The van der Waals surface area contributed by atoms with E-state index in [1.807, 2.05) is 0 Å². The van der Waals surface area contributed by atoms with Crippen molar-refractivity contribution in [3.8, 4) is 0 Å². The van der Waals surface area contributed by atoms with Gasteiger partial charge in [0, 0.05) is 25.7 Å². The second-order valence-corrected chi connectivity index (χ2v) is 28.7. The van der Waals surface area contributed by atoms with Crippen molar-refractivity contribution < 1.29 is 80.2 Å². The molecule has 0 spiro atoms. The van der Waals surface area contributed by atoms with E-state index in [9.17, 15) is 43.2 Å². The van der Waals surface area contributed by atoms with Crippen molar-refractivity contribution in [1.82, 2.24) is 0 Å². The molecule has 19 heteroatoms. The van der Waals surface area contributed by atoms with Crippen molar-refractivity contribution in [2.45, 2.75) is 380 Å². The molecule has 0 amide bonds. The molecule has 89 heavy (non-hydrogen) atoms. The average molecular weight is 1310 g/mol. The molecule has 5 atom stereocenters. The van der Waals surface area contributed by atoms with Crippen LogP contribution in [0.5, 0.6) is 0 Å². The van der Waals surface area contributed by atoms with Crippen LogP contribution in [0.2, 0.25) is 0 Å². The first-order valence-corrected chi connectivity index (χ1v) is 39.6. The summed E-state index contributed by atoms with van der Waals surface area (Å²) in [7, 11) is -9.89. The number of hydrogen-bond acceptors (Lipinski definition) is 15. The maximum absolute atomic E-state index is 13.0. The van der Waals surface area contributed by atoms with Gasteiger partial charge in [0.05, 0.1) is 26.4 Å². The molecule has 0 aromatic rings. The molecule has 0 rings (SSSR count). The Morgan fingerprint density at radius 1 is 0.303 bits per heavy atom. The highest BCUT2D eigenvalue weighted by Gasteiger charge is 2.30. The van der Waals surface area contributed by atoms with Crippen LogP contribution in [0.15, 0.2) is 0 Å². The number of aliphatic hydroxyl groups is 1. The molecule has 0 aliphatic carbocycles. The highest BCUT2D eigenvalue weighted by atomic mass is 31.2. The number of esters is 4. The van der Waals surface area contributed by atoms with Crippen LogP contribution in [0, 0.1) is 5.92 Å². The maximum atomic E-state index is 13.0. The first kappa shape index (κ1) is 87.1. The lowest BCUT2D eigenvalue weighted by Gasteiger charge is -2.21. The summed E-state index contributed by atoms with van der Waals surface area (Å²) < 4.78 is 68.1. The number of rotatable bonds is 70. The standard InChI is InChI=1S/C70H136O17P2/c1-6-9-12-15-18-20-21-22-23-24-25-26-27-28-33-36-41-46-51-56-70(75)87-66(60-81-68(73)54-49-44-40-35-32-30-29-31-34-38-42-47-52-63(4)5)62-85-89(78,79)83-58-64(71)57-82-88(76,77)84-61-65(59-80-67(72)53-48-43-37-17-14-11-8-3)86-69(74)55-50-45-39-19-16-13-10-7-2/h63-66,71H,6-62H2,1-5H3,(H,76,77)(H,78,79)/t64-,65+,66+/m0/s1. The summed E-state index contributed by atoms with van der Waals surface area (Å²) >= 11 is 0. The van der Waals surface area contributed by atoms with Crippen LogP contribution in [-0.4, -0.2) is 96.7 Å². The van der Waals surface area contributed by atoms with Gasteiger partial charge in [0.2, 0.25) is 0 Å². The Bertz CT molecular complexity index is 1720. The van der Waals surface area contributed by atoms with Crippen molar-refractivity contribution in [3.63, 3.8) is 0 Å². The second-order valence-electron chi connectivity index (χ2n) is 25.7. The van der Waals surface area contributed by atoms with E-state index in [4.69, 9.17) is 37.0 Å². The molecular weight excluding hydrogens is 1170 g/mol. The van der Waals surface area contributed by atoms with Gasteiger partial charge in [0.15, 0.2) is 12.2 Å². The zero-order valence-corrected chi connectivity index (χ0v) is 59.4. The number of hydrogen-bond donors (Lipinski definition) is 3. The minimum atomic E-state index is -4.95. The topological polar surface area (TPSA) is 237 Å². The zero-order chi connectivity index (χ0) is 65.6. The normalized spacial score (nSPS) is 14.1. The summed E-state index contributed by atoms with van der Waals surface area (Å²) in [5.74, 6) is -1.35. The van der Waals surface area contributed by atoms with Crippen LogP contribution in [0.4, 0.5) is 0 Å². The van der Waals surface area contributed by atoms with Crippen LogP contribution >= 0.6 is 15.6 Å². The maximum Gasteiger partial charge on any atom is 0.472 e. The van der Waals surface area contributed by atoms with Gasteiger partial charge in [0.1, 0.15) is 19.3 Å². The monoisotopic (exact) mass is 1310 g/mol. The zero-order valence-electron chi connectivity index (χ0n) is 57.6. The summed E-state index contributed by atoms with van der Waals surface area (Å²) in [5, 5.41) is 10.6. The van der Waals surface area contributed by atoms with Crippen molar-refractivity contribution in [2.75, 3.05) is 39.6 Å². The van der Waals surface area contributed by atoms with Gasteiger partial charge in [-0.15, -0.1) is 0 Å². The van der Waals surface area contributed by atoms with E-state index in [0.717, 1.165) is 115 Å². The van der Waals surface area contributed by atoms with Gasteiger partial charge in [-0.25, -0.2) is 9.13 Å². The molecule has 0 radical (unpaired) electrons. The van der Waals surface area contributed by atoms with Crippen molar-refractivity contribution in [2.24, 2.45) is 5.92 Å². The summed E-state index contributed by atoms with van der Waals surface area (Å²) in [4.78, 5) is 72.3. The van der Waals surface area contributed by atoms with Gasteiger partial charge < -0.3 is 33.8 Å². The van der Waals surface area contributed by atoms with Crippen LogP contribution in [-0.2, 0) is 65.4 Å². The first-order chi connectivity index (χ1) is 43.0. The van der Waals surface area contributed by atoms with Crippen LogP contribution in [0.1, 0.15) is 362 Å². The van der Waals surface area contributed by atoms with Gasteiger partial charge in [0.25, 0.3) is 0 Å². The van der Waals surface area contributed by atoms with E-state index < -0.39 is 97.5 Å². The number of ether oxygens (including phenoxy) is 4. The van der Waals surface area contributed by atoms with Gasteiger partial charge in [-0.05, 0) is 31.6 Å². The number of phosphoric acid groups is 2. The molecule has 3 N–H and O–H groups in total. The Morgan fingerprint density at radius 2 is 0.517 bits per heavy atom. The van der Waals surface area contributed by atoms with Gasteiger partial charge >= 0.3 is 39.5 Å². The Kier molecular flexibility index (Phi) is 62.1. The van der Waals surface area contributed by atoms with E-state index in [1.54, 1.807) is 0 Å². The smallest absolute Gasteiger partial charge is 0.462 e. The Hall–Kier alpha value is -1.94. The molecule has 0 aromatic carbocycles. The highest BCUT2D eigenvalue weighted by molar-refractivity contribution is 7.47. The molecule has 0 heterocycles. The Balaban J connectivity index is 5.15. The molecule has 0 saturated carbocycles. The molecule has 0 bridgehead atoms. The Labute approximate surface area is 543 Å². The lowest BCUT2D eigenvalue weighted by molar-refractivity contribution is -0.161. The Morgan fingerprint density at radius 3 is 0.764 bits per heavy atom. The number of unbranched alkanes of at least 4 members (excludes halogenated alkanes) is 42. The fraction of sp³-hybridized carbons (Fsp3) is 0.943. The molecule has 0 aliphatic rings. The van der Waals surface area contributed by atoms with Gasteiger partial charge in [-0.3, -0.25) is 37.3 Å². The van der Waals surface area contributed by atoms with E-state index in [0.29, 0.717) is 25.7 Å². The number of phosphoric ester groups is 2. The van der Waals surface area contributed by atoms with E-state index in [2.05, 4.69) is 34.6 Å². The van der Waals surface area contributed by atoms with Crippen molar-refractivity contribution >= 4 is 39.5 Å². The second kappa shape index (κ2) is 63.5. The summed E-state index contributed by atoms with van der Waals surface area (Å²) in [6.07, 6.45) is 50.2. The van der Waals surface area contributed by atoms with Crippen LogP contribution in [0.25, 0.3) is 0 Å². The molecule has 17 nitrogen and oxygen atoms in total. The van der Waals surface area contributed by atoms with Crippen LogP contribution < -0.4 is 0 Å². The van der Waals surface area contributed by atoms with E-state index in [-0.39, 0.29) is 25.7 Å². The lowest BCUT2D eigenvalue weighted by Crippen LogP contribution is -2.30. The van der Waals surface area contributed by atoms with E-state index >= 15 is 0 Å². The molecule has 0 saturated heterocycles. The van der Waals surface area contributed by atoms with Gasteiger partial charge in [-0.1, -0.05) is 311 Å². The molecule has 0 fully saturated rings. The highest BCUT2D eigenvalue weighted by Crippen LogP contribution is 2.45. The summed E-state index contributed by atoms with van der Waals surface area (Å²) in [6.45, 7) is 7.19. The SMILES string of the molecule is CCCCCCCCCCCCCCCCCCCCCC(=O)O[C@H](COC(=O)CCCCCCCCCCCCCCC(C)C)COP(=O)(O)OC[C@@H](O)COP(=O)(O)OC[C@@H](COC(=O)CCCCCCCCC)OC(=O)CCCCCCCCCC. The third kappa shape index (κ3) is 64.6. The lowest BCUT2D eigenvalue weighted by atomic mass is 10.0. The predicted octanol–water partition coefficient (Wildman–Crippen LogP) is 20.1. The number of carbonyl (C=O) groups excluding carboxylic acids is 4. The molecule has 2 unspecified atom stereocenters. The predicted molar refractivity (Wildman–Crippen MR) is 358 cm³/mol. The summed E-state index contributed by atoms with van der Waals surface area (Å²) in [6, 6.07) is 0. The minimum absolute atomic E-state index is 0.105. The first-order valence-electron chi connectivity index (χ1n) is 36.6. The fourth-order valence-corrected chi connectivity index (χ4v) is 12.2. The molecule has 0 aliphatic heterocycles. The largest absolute Gasteiger partial charge is 0.472 e. The third-order valence-corrected chi connectivity index (χ3v) is 18.2. The minimum Gasteiger partial charge on any atom is -0.462 e. The average Bonchev–Trinajstić information content (AvgIpc) is 3.66.